The maximum atomic E-state index is 5.22. The Hall–Kier alpha value is -0.120. The van der Waals surface area contributed by atoms with E-state index in [0.717, 1.165) is 32.5 Å². The molecule has 1 radical (unpaired) electrons. The molecule has 0 aliphatic carbocycles. The summed E-state index contributed by atoms with van der Waals surface area (Å²) in [6.45, 7) is 4.79. The standard InChI is InChI=1S/C6H13N2O/c1-2-6-9-8-5-3-4-7-8/h2-6H2,1H3. The van der Waals surface area contributed by atoms with Gasteiger partial charge in [0.25, 0.3) is 0 Å². The van der Waals surface area contributed by atoms with E-state index >= 15 is 0 Å². The Morgan fingerprint density at radius 2 is 2.56 bits per heavy atom. The summed E-state index contributed by atoms with van der Waals surface area (Å²) in [5.74, 6) is 0. The Kier molecular flexibility index (Phi) is 2.97. The fourth-order valence-electron chi connectivity index (χ4n) is 0.761. The molecule has 0 aromatic rings. The fourth-order valence-corrected chi connectivity index (χ4v) is 0.761. The molecule has 1 heterocycles. The molecule has 0 saturated carbocycles. The maximum absolute atomic E-state index is 5.22. The predicted molar refractivity (Wildman–Crippen MR) is 34.6 cm³/mol. The van der Waals surface area contributed by atoms with Gasteiger partial charge in [0.05, 0.1) is 6.61 Å². The summed E-state index contributed by atoms with van der Waals surface area (Å²) in [6.07, 6.45) is 2.20. The Morgan fingerprint density at radius 1 is 1.67 bits per heavy atom. The third kappa shape index (κ3) is 2.30. The second kappa shape index (κ2) is 3.82. The first-order valence-corrected chi connectivity index (χ1v) is 3.51. The minimum atomic E-state index is 0.795. The quantitative estimate of drug-likeness (QED) is 0.556. The number of rotatable bonds is 3. The van der Waals surface area contributed by atoms with Crippen LogP contribution in [0.25, 0.3) is 0 Å². The van der Waals surface area contributed by atoms with Crippen LogP contribution in [0.4, 0.5) is 0 Å². The zero-order valence-corrected chi connectivity index (χ0v) is 5.84. The van der Waals surface area contributed by atoms with Crippen LogP contribution in [-0.2, 0) is 4.84 Å². The lowest BCUT2D eigenvalue weighted by Gasteiger charge is -2.11. The van der Waals surface area contributed by atoms with Crippen molar-refractivity contribution >= 4 is 0 Å². The lowest BCUT2D eigenvalue weighted by Crippen LogP contribution is -2.25. The van der Waals surface area contributed by atoms with Gasteiger partial charge in [-0.15, -0.1) is 10.6 Å². The summed E-state index contributed by atoms with van der Waals surface area (Å²) in [6, 6.07) is 0. The molecular formula is C6H13N2O. The first-order valence-electron chi connectivity index (χ1n) is 3.51. The molecule has 0 N–H and O–H groups in total. The second-order valence-corrected chi connectivity index (χ2v) is 2.13. The molecule has 0 atom stereocenters. The minimum Gasteiger partial charge on any atom is -0.283 e. The molecule has 1 fully saturated rings. The lowest BCUT2D eigenvalue weighted by atomic mass is 10.5. The highest BCUT2D eigenvalue weighted by atomic mass is 16.7. The molecular weight excluding hydrogens is 116 g/mol. The SMILES string of the molecule is CCCON1CCC[N]1. The van der Waals surface area contributed by atoms with E-state index in [1.54, 1.807) is 5.17 Å². The molecule has 3 heteroatoms. The van der Waals surface area contributed by atoms with E-state index < -0.39 is 0 Å². The number of hydrogen-bond donors (Lipinski definition) is 0. The van der Waals surface area contributed by atoms with Gasteiger partial charge in [-0.3, -0.25) is 4.84 Å². The molecule has 0 bridgehead atoms. The van der Waals surface area contributed by atoms with E-state index in [9.17, 15) is 0 Å². The fraction of sp³-hybridized carbons (Fsp3) is 1.00. The zero-order valence-electron chi connectivity index (χ0n) is 5.84. The maximum Gasteiger partial charge on any atom is 0.0699 e. The van der Waals surface area contributed by atoms with Gasteiger partial charge in [-0.2, -0.15) is 0 Å². The molecule has 0 amide bonds. The molecule has 0 aromatic carbocycles. The third-order valence-electron chi connectivity index (χ3n) is 1.21. The van der Waals surface area contributed by atoms with Gasteiger partial charge >= 0.3 is 0 Å². The van der Waals surface area contributed by atoms with Crippen LogP contribution >= 0.6 is 0 Å². The van der Waals surface area contributed by atoms with Crippen LogP contribution < -0.4 is 5.43 Å². The summed E-state index contributed by atoms with van der Waals surface area (Å²) in [7, 11) is 0. The van der Waals surface area contributed by atoms with Crippen molar-refractivity contribution < 1.29 is 4.84 Å². The van der Waals surface area contributed by atoms with Crippen molar-refractivity contribution in [2.24, 2.45) is 0 Å². The van der Waals surface area contributed by atoms with Crippen molar-refractivity contribution in [1.82, 2.24) is 10.6 Å². The average molecular weight is 129 g/mol. The number of nitrogens with zero attached hydrogens (tertiary/aromatic N) is 2. The lowest BCUT2D eigenvalue weighted by molar-refractivity contribution is -0.179. The molecule has 53 valence electrons. The van der Waals surface area contributed by atoms with E-state index in [1.807, 2.05) is 0 Å². The molecule has 1 rings (SSSR count). The average Bonchev–Trinajstić information content (AvgIpc) is 2.34. The summed E-state index contributed by atoms with van der Waals surface area (Å²) < 4.78 is 0. The Bertz CT molecular complexity index is 71.5. The Labute approximate surface area is 55.9 Å². The molecule has 0 spiro atoms. The molecule has 0 aromatic heterocycles. The van der Waals surface area contributed by atoms with Gasteiger partial charge < -0.3 is 0 Å². The summed E-state index contributed by atoms with van der Waals surface area (Å²) in [4.78, 5) is 5.22. The highest BCUT2D eigenvalue weighted by Crippen LogP contribution is 1.98. The molecule has 1 aliphatic rings. The smallest absolute Gasteiger partial charge is 0.0699 e. The number of hydrogen-bond acceptors (Lipinski definition) is 2. The van der Waals surface area contributed by atoms with Crippen LogP contribution in [-0.4, -0.2) is 24.9 Å². The van der Waals surface area contributed by atoms with Gasteiger partial charge in [0.15, 0.2) is 0 Å². The zero-order chi connectivity index (χ0) is 6.53. The van der Waals surface area contributed by atoms with E-state index in [1.165, 1.54) is 0 Å². The molecule has 3 nitrogen and oxygen atoms in total. The normalized spacial score (nSPS) is 21.0. The topological polar surface area (TPSA) is 26.6 Å². The summed E-state index contributed by atoms with van der Waals surface area (Å²) in [5, 5.41) is 1.70. The largest absolute Gasteiger partial charge is 0.283 e. The molecule has 9 heavy (non-hydrogen) atoms. The molecule has 1 aliphatic heterocycles. The van der Waals surface area contributed by atoms with Crippen LogP contribution in [0.3, 0.4) is 0 Å². The first kappa shape index (κ1) is 6.99. The number of hydroxylamine groups is 1. The monoisotopic (exact) mass is 129 g/mol. The van der Waals surface area contributed by atoms with Crippen LogP contribution in [0.2, 0.25) is 0 Å². The summed E-state index contributed by atoms with van der Waals surface area (Å²) >= 11 is 0. The van der Waals surface area contributed by atoms with E-state index in [2.05, 4.69) is 12.3 Å². The van der Waals surface area contributed by atoms with Crippen molar-refractivity contribution in [2.45, 2.75) is 19.8 Å². The van der Waals surface area contributed by atoms with Crippen LogP contribution in [0, 0.1) is 0 Å². The van der Waals surface area contributed by atoms with Gasteiger partial charge in [-0.25, -0.2) is 0 Å². The van der Waals surface area contributed by atoms with Crippen molar-refractivity contribution in [3.05, 3.63) is 0 Å². The van der Waals surface area contributed by atoms with Crippen LogP contribution in [0.15, 0.2) is 0 Å². The van der Waals surface area contributed by atoms with Crippen molar-refractivity contribution in [2.75, 3.05) is 19.7 Å². The van der Waals surface area contributed by atoms with E-state index in [0.29, 0.717) is 0 Å². The van der Waals surface area contributed by atoms with E-state index in [4.69, 9.17) is 4.84 Å². The van der Waals surface area contributed by atoms with Crippen LogP contribution in [0.1, 0.15) is 19.8 Å². The first-order chi connectivity index (χ1) is 4.43. The van der Waals surface area contributed by atoms with Crippen molar-refractivity contribution in [3.8, 4) is 0 Å². The Morgan fingerprint density at radius 3 is 3.11 bits per heavy atom. The van der Waals surface area contributed by atoms with Crippen molar-refractivity contribution in [3.63, 3.8) is 0 Å². The van der Waals surface area contributed by atoms with Crippen LogP contribution in [0.5, 0.6) is 0 Å². The highest BCUT2D eigenvalue weighted by Gasteiger charge is 2.11. The molecule has 0 unspecified atom stereocenters. The van der Waals surface area contributed by atoms with E-state index in [-0.39, 0.29) is 0 Å². The third-order valence-corrected chi connectivity index (χ3v) is 1.21. The molecule has 1 saturated heterocycles. The van der Waals surface area contributed by atoms with Gasteiger partial charge in [0, 0.05) is 13.1 Å². The van der Waals surface area contributed by atoms with Gasteiger partial charge in [-0.05, 0) is 12.8 Å². The predicted octanol–water partition coefficient (Wildman–Crippen LogP) is 0.553. The highest BCUT2D eigenvalue weighted by molar-refractivity contribution is 4.51. The second-order valence-electron chi connectivity index (χ2n) is 2.13. The Balaban J connectivity index is 1.98. The minimum absolute atomic E-state index is 0.795. The van der Waals surface area contributed by atoms with Gasteiger partial charge in [0.1, 0.15) is 0 Å². The van der Waals surface area contributed by atoms with Crippen molar-refractivity contribution in [1.29, 1.82) is 0 Å². The van der Waals surface area contributed by atoms with Gasteiger partial charge in [-0.1, -0.05) is 6.92 Å². The summed E-state index contributed by atoms with van der Waals surface area (Å²) in [5.41, 5.74) is 4.08. The van der Waals surface area contributed by atoms with Gasteiger partial charge in [0.2, 0.25) is 0 Å².